The Bertz CT molecular complexity index is 1460. The average Bonchev–Trinajstić information content (AvgIpc) is 2.79. The number of benzene rings is 4. The first-order valence-electron chi connectivity index (χ1n) is 10.5. The van der Waals surface area contributed by atoms with E-state index in [1.54, 1.807) is 18.2 Å². The molecule has 2 aliphatic heterocycles. The van der Waals surface area contributed by atoms with Crippen molar-refractivity contribution >= 4 is 38.7 Å². The average molecular weight is 456 g/mol. The van der Waals surface area contributed by atoms with Crippen LogP contribution in [0.2, 0.25) is 0 Å². The number of sulfone groups is 1. The first-order chi connectivity index (χ1) is 15.4. The SMILES string of the molecule is CC1(C)c2ccccc2N(c2ccc3c(c2)Sc2ccccc2S3(=O)=O)c2ccccc21. The Kier molecular flexibility index (Phi) is 4.14. The van der Waals surface area contributed by atoms with Crippen molar-refractivity contribution in [3.8, 4) is 0 Å². The van der Waals surface area contributed by atoms with Crippen molar-refractivity contribution in [3.05, 3.63) is 102 Å². The number of hydrogen-bond acceptors (Lipinski definition) is 4. The number of nitrogens with zero attached hydrogens (tertiary/aromatic N) is 1. The first kappa shape index (κ1) is 19.6. The molecule has 0 amide bonds. The number of anilines is 3. The van der Waals surface area contributed by atoms with Gasteiger partial charge in [0, 0.05) is 20.9 Å². The van der Waals surface area contributed by atoms with E-state index < -0.39 is 9.84 Å². The minimum atomic E-state index is -3.53. The molecule has 4 aromatic carbocycles. The van der Waals surface area contributed by atoms with Crippen LogP contribution in [0.3, 0.4) is 0 Å². The molecule has 0 unspecified atom stereocenters. The molecule has 32 heavy (non-hydrogen) atoms. The highest BCUT2D eigenvalue weighted by Crippen LogP contribution is 2.53. The molecule has 0 N–H and O–H groups in total. The molecule has 2 heterocycles. The largest absolute Gasteiger partial charge is 0.310 e. The van der Waals surface area contributed by atoms with Crippen LogP contribution in [0.1, 0.15) is 25.0 Å². The van der Waals surface area contributed by atoms with Crippen molar-refractivity contribution in [1.29, 1.82) is 0 Å². The fraction of sp³-hybridized carbons (Fsp3) is 0.111. The minimum absolute atomic E-state index is 0.130. The Morgan fingerprint density at radius 2 is 1.25 bits per heavy atom. The zero-order chi connectivity index (χ0) is 22.1. The summed E-state index contributed by atoms with van der Waals surface area (Å²) in [5.74, 6) is 0. The van der Waals surface area contributed by atoms with Gasteiger partial charge in [0.1, 0.15) is 0 Å². The lowest BCUT2D eigenvalue weighted by Gasteiger charge is -2.42. The Labute approximate surface area is 192 Å². The Hall–Kier alpha value is -3.02. The standard InChI is InChI=1S/C27H21NO2S2/c1-27(2)19-9-3-5-11-21(19)28(22-12-6-4-10-20(22)27)18-15-16-26-24(17-18)31-23-13-7-8-14-25(23)32(26,29)30/h3-17H,1-2H3. The van der Waals surface area contributed by atoms with Crippen LogP contribution in [0.25, 0.3) is 0 Å². The Morgan fingerprint density at radius 3 is 1.94 bits per heavy atom. The summed E-state index contributed by atoms with van der Waals surface area (Å²) in [6, 6.07) is 29.9. The van der Waals surface area contributed by atoms with Crippen molar-refractivity contribution in [3.63, 3.8) is 0 Å². The Balaban J connectivity index is 1.58. The molecule has 0 aromatic heterocycles. The van der Waals surface area contributed by atoms with E-state index in [0.29, 0.717) is 9.79 Å². The van der Waals surface area contributed by atoms with Gasteiger partial charge in [0.15, 0.2) is 0 Å². The van der Waals surface area contributed by atoms with Gasteiger partial charge in [0.05, 0.1) is 21.2 Å². The molecule has 0 aliphatic carbocycles. The lowest BCUT2D eigenvalue weighted by atomic mass is 9.73. The van der Waals surface area contributed by atoms with Gasteiger partial charge >= 0.3 is 0 Å². The highest BCUT2D eigenvalue weighted by Gasteiger charge is 2.37. The van der Waals surface area contributed by atoms with E-state index in [1.165, 1.54) is 22.9 Å². The third kappa shape index (κ3) is 2.64. The third-order valence-corrected chi connectivity index (χ3v) is 9.73. The Morgan fingerprint density at radius 1 is 0.688 bits per heavy atom. The van der Waals surface area contributed by atoms with Gasteiger partial charge in [-0.25, -0.2) is 8.42 Å². The molecular weight excluding hydrogens is 434 g/mol. The smallest absolute Gasteiger partial charge is 0.208 e. The molecular formula is C27H21NO2S2. The van der Waals surface area contributed by atoms with Gasteiger partial charge < -0.3 is 4.90 Å². The second-order valence-corrected chi connectivity index (χ2v) is 11.6. The molecule has 0 fully saturated rings. The summed E-state index contributed by atoms with van der Waals surface area (Å²) in [4.78, 5) is 4.56. The molecule has 0 radical (unpaired) electrons. The van der Waals surface area contributed by atoms with Crippen LogP contribution in [-0.4, -0.2) is 8.42 Å². The molecule has 5 heteroatoms. The number of fused-ring (bicyclic) bond motifs is 4. The van der Waals surface area contributed by atoms with Crippen molar-refractivity contribution < 1.29 is 8.42 Å². The normalized spacial score (nSPS) is 17.0. The van der Waals surface area contributed by atoms with Gasteiger partial charge in [-0.15, -0.1) is 0 Å². The number of hydrogen-bond donors (Lipinski definition) is 0. The molecule has 0 atom stereocenters. The van der Waals surface area contributed by atoms with E-state index in [2.05, 4.69) is 67.3 Å². The monoisotopic (exact) mass is 455 g/mol. The molecule has 0 saturated carbocycles. The van der Waals surface area contributed by atoms with Gasteiger partial charge in [-0.3, -0.25) is 0 Å². The van der Waals surface area contributed by atoms with Crippen LogP contribution in [0.15, 0.2) is 111 Å². The van der Waals surface area contributed by atoms with Crippen molar-refractivity contribution in [2.45, 2.75) is 38.8 Å². The van der Waals surface area contributed by atoms with E-state index >= 15 is 0 Å². The molecule has 0 saturated heterocycles. The fourth-order valence-corrected chi connectivity index (χ4v) is 8.09. The van der Waals surface area contributed by atoms with Gasteiger partial charge in [0.25, 0.3) is 0 Å². The van der Waals surface area contributed by atoms with Crippen LogP contribution >= 0.6 is 11.8 Å². The predicted molar refractivity (Wildman–Crippen MR) is 129 cm³/mol. The first-order valence-corrected chi connectivity index (χ1v) is 12.8. The minimum Gasteiger partial charge on any atom is -0.310 e. The van der Waals surface area contributed by atoms with Gasteiger partial charge in [0.2, 0.25) is 9.84 Å². The zero-order valence-electron chi connectivity index (χ0n) is 17.7. The van der Waals surface area contributed by atoms with Crippen molar-refractivity contribution in [2.24, 2.45) is 0 Å². The van der Waals surface area contributed by atoms with Crippen LogP contribution < -0.4 is 4.90 Å². The molecule has 6 rings (SSSR count). The van der Waals surface area contributed by atoms with Gasteiger partial charge in [-0.1, -0.05) is 74.1 Å². The highest BCUT2D eigenvalue weighted by atomic mass is 32.2. The maximum Gasteiger partial charge on any atom is 0.208 e. The summed E-state index contributed by atoms with van der Waals surface area (Å²) in [5.41, 5.74) is 5.58. The second-order valence-electron chi connectivity index (χ2n) is 8.68. The number of rotatable bonds is 1. The third-order valence-electron chi connectivity index (χ3n) is 6.47. The molecule has 3 nitrogen and oxygen atoms in total. The van der Waals surface area contributed by atoms with E-state index in [-0.39, 0.29) is 5.41 Å². The van der Waals surface area contributed by atoms with Crippen LogP contribution in [0.4, 0.5) is 17.1 Å². The van der Waals surface area contributed by atoms with Crippen LogP contribution in [-0.2, 0) is 15.3 Å². The van der Waals surface area contributed by atoms with E-state index in [0.717, 1.165) is 26.9 Å². The van der Waals surface area contributed by atoms with Crippen LogP contribution in [0.5, 0.6) is 0 Å². The molecule has 2 aliphatic rings. The van der Waals surface area contributed by atoms with E-state index in [1.807, 2.05) is 24.3 Å². The fourth-order valence-electron chi connectivity index (χ4n) is 4.88. The lowest BCUT2D eigenvalue weighted by molar-refractivity contribution is 0.591. The maximum atomic E-state index is 13.2. The van der Waals surface area contributed by atoms with E-state index in [9.17, 15) is 8.42 Å². The maximum absolute atomic E-state index is 13.2. The summed E-state index contributed by atoms with van der Waals surface area (Å²) < 4.78 is 26.5. The summed E-state index contributed by atoms with van der Waals surface area (Å²) in [5, 5.41) is 0. The zero-order valence-corrected chi connectivity index (χ0v) is 19.4. The topological polar surface area (TPSA) is 37.4 Å². The predicted octanol–water partition coefficient (Wildman–Crippen LogP) is 7.09. The molecule has 158 valence electrons. The summed E-state index contributed by atoms with van der Waals surface area (Å²) in [6.07, 6.45) is 0. The molecule has 0 bridgehead atoms. The van der Waals surface area contributed by atoms with E-state index in [4.69, 9.17) is 0 Å². The van der Waals surface area contributed by atoms with Gasteiger partial charge in [-0.2, -0.15) is 0 Å². The lowest BCUT2D eigenvalue weighted by Crippen LogP contribution is -2.30. The second kappa shape index (κ2) is 6.74. The quantitative estimate of drug-likeness (QED) is 0.270. The summed E-state index contributed by atoms with van der Waals surface area (Å²) in [7, 11) is -3.53. The number of para-hydroxylation sites is 2. The molecule has 0 spiro atoms. The van der Waals surface area contributed by atoms with Crippen molar-refractivity contribution in [1.82, 2.24) is 0 Å². The summed E-state index contributed by atoms with van der Waals surface area (Å²) >= 11 is 1.52. The highest BCUT2D eigenvalue weighted by molar-refractivity contribution is 8.02. The van der Waals surface area contributed by atoms with Gasteiger partial charge in [-0.05, 0) is 53.6 Å². The van der Waals surface area contributed by atoms with Crippen LogP contribution in [0, 0.1) is 0 Å². The van der Waals surface area contributed by atoms with Crippen molar-refractivity contribution in [2.75, 3.05) is 4.90 Å². The molecule has 4 aromatic rings. The summed E-state index contributed by atoms with van der Waals surface area (Å²) in [6.45, 7) is 4.52.